The molecule has 10 heavy (non-hydrogen) atoms. The van der Waals surface area contributed by atoms with Gasteiger partial charge in [0.25, 0.3) is 0 Å². The molecule has 0 aliphatic rings. The molecule has 0 radical (unpaired) electrons. The normalized spacial score (nSPS) is 17.3. The van der Waals surface area contributed by atoms with Gasteiger partial charge in [0, 0.05) is 2.74 Å². The van der Waals surface area contributed by atoms with E-state index in [1.165, 1.54) is 12.1 Å². The lowest BCUT2D eigenvalue weighted by Gasteiger charge is -1.96. The van der Waals surface area contributed by atoms with Gasteiger partial charge in [0.05, 0.1) is 0 Å². The number of phenolic OH excluding ortho intramolecular Hbond substituents is 1. The summed E-state index contributed by atoms with van der Waals surface area (Å²) >= 11 is 0. The number of aryl methyl sites for hydroxylation is 1. The zero-order valence-corrected chi connectivity index (χ0v) is 5.41. The van der Waals surface area contributed by atoms with Crippen LogP contribution in [0.4, 0.5) is 0 Å². The summed E-state index contributed by atoms with van der Waals surface area (Å²) in [6.07, 6.45) is -0.0553. The summed E-state index contributed by atoms with van der Waals surface area (Å²) in [7, 11) is 0. The first kappa shape index (κ1) is 3.39. The fourth-order valence-corrected chi connectivity index (χ4v) is 0.705. The van der Waals surface area contributed by atoms with Gasteiger partial charge in [-0.25, -0.2) is 0 Å². The minimum Gasteiger partial charge on any atom is -0.508 e. The van der Waals surface area contributed by atoms with Crippen molar-refractivity contribution in [3.63, 3.8) is 0 Å². The van der Waals surface area contributed by atoms with Gasteiger partial charge in [-0.3, -0.25) is 0 Å². The van der Waals surface area contributed by atoms with Crippen LogP contribution in [0.1, 0.15) is 8.30 Å². The highest BCUT2D eigenvalue weighted by Gasteiger charge is 1.89. The quantitative estimate of drug-likeness (QED) is 0.656. The molecular formula is C8H11NO. The van der Waals surface area contributed by atoms with Crippen LogP contribution >= 0.6 is 0 Å². The van der Waals surface area contributed by atoms with Crippen molar-refractivity contribution in [3.8, 4) is 5.75 Å². The highest BCUT2D eigenvalue weighted by molar-refractivity contribution is 5.25. The zero-order chi connectivity index (χ0) is 10.8. The van der Waals surface area contributed by atoms with Gasteiger partial charge in [0.2, 0.25) is 0 Å². The maximum absolute atomic E-state index is 8.99. The molecule has 0 heterocycles. The molecule has 2 heteroatoms. The van der Waals surface area contributed by atoms with Crippen molar-refractivity contribution < 1.29 is 10.7 Å². The molecule has 0 atom stereocenters. The SMILES string of the molecule is [2H]N([2H])C([2H])([2H])Cc1ccc(O)cc1. The second-order valence-electron chi connectivity index (χ2n) is 2.00. The summed E-state index contributed by atoms with van der Waals surface area (Å²) in [5, 5.41) is 8.99. The van der Waals surface area contributed by atoms with Gasteiger partial charge in [0.15, 0.2) is 0 Å². The van der Waals surface area contributed by atoms with E-state index in [0.29, 0.717) is 5.56 Å². The van der Waals surface area contributed by atoms with Gasteiger partial charge in [-0.05, 0) is 30.6 Å². The minimum absolute atomic E-state index is 0.0415. The summed E-state index contributed by atoms with van der Waals surface area (Å²) in [4.78, 5) is 0. The van der Waals surface area contributed by atoms with Crippen LogP contribution in [0.15, 0.2) is 24.3 Å². The number of hydrogen-bond acceptors (Lipinski definition) is 2. The summed E-state index contributed by atoms with van der Waals surface area (Å²) < 4.78 is 28.3. The van der Waals surface area contributed by atoms with E-state index < -0.39 is 6.50 Å². The first-order valence-electron chi connectivity index (χ1n) is 4.87. The van der Waals surface area contributed by atoms with Crippen LogP contribution in [-0.4, -0.2) is 11.6 Å². The number of hydrogen-bond donors (Lipinski definition) is 2. The van der Waals surface area contributed by atoms with E-state index in [9.17, 15) is 0 Å². The van der Waals surface area contributed by atoms with E-state index in [0.717, 1.165) is 0 Å². The van der Waals surface area contributed by atoms with E-state index in [1.807, 2.05) is 0 Å². The molecule has 0 fully saturated rings. The summed E-state index contributed by atoms with van der Waals surface area (Å²) in [6.45, 7) is -2.02. The van der Waals surface area contributed by atoms with Crippen LogP contribution in [0.5, 0.6) is 5.75 Å². The monoisotopic (exact) mass is 141 g/mol. The number of phenols is 1. The maximum atomic E-state index is 8.99. The number of rotatable bonds is 3. The molecular weight excluding hydrogens is 126 g/mol. The van der Waals surface area contributed by atoms with Crippen LogP contribution in [0.3, 0.4) is 0 Å². The Labute approximate surface area is 66.0 Å². The lowest BCUT2D eigenvalue weighted by molar-refractivity contribution is 0.475. The van der Waals surface area contributed by atoms with Crippen molar-refractivity contribution in [2.24, 2.45) is 5.72 Å². The Balaban J connectivity index is 2.74. The summed E-state index contributed by atoms with van der Waals surface area (Å²) in [6, 6.07) is 6.03. The Morgan fingerprint density at radius 3 is 2.80 bits per heavy atom. The molecule has 0 aliphatic carbocycles. The molecule has 0 saturated carbocycles. The molecule has 1 rings (SSSR count). The molecule has 0 bridgehead atoms. The van der Waals surface area contributed by atoms with Crippen LogP contribution in [0.25, 0.3) is 0 Å². The van der Waals surface area contributed by atoms with Crippen molar-refractivity contribution in [1.29, 1.82) is 0 Å². The van der Waals surface area contributed by atoms with E-state index in [2.05, 4.69) is 0 Å². The van der Waals surface area contributed by atoms with Crippen LogP contribution in [0, 0.1) is 0 Å². The average Bonchev–Trinajstić information content (AvgIpc) is 2.08. The van der Waals surface area contributed by atoms with Gasteiger partial charge in [0.1, 0.15) is 8.57 Å². The van der Waals surface area contributed by atoms with Gasteiger partial charge in [-0.15, -0.1) is 0 Å². The molecule has 3 N–H and O–H groups in total. The Morgan fingerprint density at radius 2 is 2.20 bits per heavy atom. The Kier molecular flexibility index (Phi) is 1.09. The third kappa shape index (κ3) is 1.74. The van der Waals surface area contributed by atoms with Crippen molar-refractivity contribution in [2.75, 3.05) is 6.50 Å². The van der Waals surface area contributed by atoms with E-state index in [-0.39, 0.29) is 17.9 Å². The second-order valence-corrected chi connectivity index (χ2v) is 2.00. The highest BCUT2D eigenvalue weighted by Crippen LogP contribution is 2.09. The molecule has 0 aromatic heterocycles. The molecule has 0 unspecified atom stereocenters. The second kappa shape index (κ2) is 3.22. The van der Waals surface area contributed by atoms with E-state index in [4.69, 9.17) is 10.7 Å². The lowest BCUT2D eigenvalue weighted by Crippen LogP contribution is -2.01. The fraction of sp³-hybridized carbons (Fsp3) is 0.250. The van der Waals surface area contributed by atoms with Crippen molar-refractivity contribution >= 4 is 0 Å². The molecule has 1 aromatic rings. The van der Waals surface area contributed by atoms with E-state index >= 15 is 0 Å². The topological polar surface area (TPSA) is 46.2 Å². The molecule has 0 spiro atoms. The van der Waals surface area contributed by atoms with Crippen LogP contribution < -0.4 is 5.72 Å². The van der Waals surface area contributed by atoms with Gasteiger partial charge >= 0.3 is 0 Å². The third-order valence-corrected chi connectivity index (χ3v) is 1.22. The molecule has 2 nitrogen and oxygen atoms in total. The van der Waals surface area contributed by atoms with Crippen molar-refractivity contribution in [3.05, 3.63) is 29.8 Å². The fourth-order valence-electron chi connectivity index (χ4n) is 0.705. The van der Waals surface area contributed by atoms with Crippen LogP contribution in [-0.2, 0) is 6.42 Å². The number of nitrogens with two attached hydrogens (primary N) is 1. The largest absolute Gasteiger partial charge is 0.508 e. The standard InChI is InChI=1S/C8H11NO/c9-6-5-7-1-3-8(10)4-2-7/h1-4,10H,5-6,9H2/i6D2/hD2. The first-order chi connectivity index (χ1) is 6.42. The number of benzene rings is 1. The Bertz CT molecular complexity index is 299. The zero-order valence-electron chi connectivity index (χ0n) is 9.41. The molecule has 1 aromatic carbocycles. The van der Waals surface area contributed by atoms with Crippen LogP contribution in [0.2, 0.25) is 2.82 Å². The molecule has 54 valence electrons. The lowest BCUT2D eigenvalue weighted by atomic mass is 10.1. The maximum Gasteiger partial charge on any atom is 0.118 e. The molecule has 0 amide bonds. The van der Waals surface area contributed by atoms with Gasteiger partial charge < -0.3 is 10.8 Å². The van der Waals surface area contributed by atoms with Gasteiger partial charge in [-0.2, -0.15) is 0 Å². The van der Waals surface area contributed by atoms with E-state index in [1.54, 1.807) is 12.1 Å². The average molecular weight is 141 g/mol. The summed E-state index contributed by atoms with van der Waals surface area (Å²) in [5.41, 5.74) is 0.678. The third-order valence-electron chi connectivity index (χ3n) is 1.22. The predicted octanol–water partition coefficient (Wildman–Crippen LogP) is 0.893. The summed E-state index contributed by atoms with van der Waals surface area (Å²) in [5.74, 6) is 0.114. The number of aromatic hydroxyl groups is 1. The molecule has 0 aliphatic heterocycles. The highest BCUT2D eigenvalue weighted by atomic mass is 16.3. The minimum atomic E-state index is -2.02. The van der Waals surface area contributed by atoms with Gasteiger partial charge in [-0.1, -0.05) is 12.1 Å². The Morgan fingerprint density at radius 1 is 1.50 bits per heavy atom. The van der Waals surface area contributed by atoms with Crippen molar-refractivity contribution in [1.82, 2.24) is 0 Å². The smallest absolute Gasteiger partial charge is 0.118 e. The first-order valence-corrected chi connectivity index (χ1v) is 2.98. The molecule has 0 saturated heterocycles. The Hall–Kier alpha value is -1.02. The predicted molar refractivity (Wildman–Crippen MR) is 40.9 cm³/mol. The van der Waals surface area contributed by atoms with Crippen molar-refractivity contribution in [2.45, 2.75) is 6.42 Å².